The summed E-state index contributed by atoms with van der Waals surface area (Å²) in [6.07, 6.45) is 0. The molecule has 0 bridgehead atoms. The Hall–Kier alpha value is -4.18. The predicted molar refractivity (Wildman–Crippen MR) is 118 cm³/mol. The Kier molecular flexibility index (Phi) is 4.22. The van der Waals surface area contributed by atoms with E-state index in [0.29, 0.717) is 22.3 Å². The molecule has 0 heterocycles. The second kappa shape index (κ2) is 6.96. The molecule has 0 aromatic heterocycles. The zero-order valence-corrected chi connectivity index (χ0v) is 16.4. The molecule has 1 aliphatic carbocycles. The largest absolute Gasteiger partial charge is 0.508 e. The third-order valence-electron chi connectivity index (χ3n) is 5.89. The molecule has 1 aliphatic rings. The van der Waals surface area contributed by atoms with Crippen molar-refractivity contribution in [2.45, 2.75) is 5.41 Å². The number of Topliss-reactive ketones (excluding diaryl/α,β-unsaturated/α-hetero) is 2. The van der Waals surface area contributed by atoms with Crippen molar-refractivity contribution in [3.8, 4) is 22.6 Å². The van der Waals surface area contributed by atoms with Crippen molar-refractivity contribution in [3.05, 3.63) is 119 Å². The molecular formula is C27H18O4. The molecule has 0 saturated heterocycles. The van der Waals surface area contributed by atoms with Gasteiger partial charge < -0.3 is 10.2 Å². The summed E-state index contributed by atoms with van der Waals surface area (Å²) in [5.41, 5.74) is 2.04. The minimum atomic E-state index is -1.57. The molecule has 31 heavy (non-hydrogen) atoms. The van der Waals surface area contributed by atoms with Crippen molar-refractivity contribution in [2.24, 2.45) is 0 Å². The van der Waals surface area contributed by atoms with Crippen LogP contribution in [-0.2, 0) is 5.41 Å². The van der Waals surface area contributed by atoms with Crippen molar-refractivity contribution < 1.29 is 19.8 Å². The number of phenols is 2. The van der Waals surface area contributed by atoms with Crippen LogP contribution in [0.5, 0.6) is 11.5 Å². The number of carbonyl (C=O) groups excluding carboxylic acids is 2. The Morgan fingerprint density at radius 1 is 0.516 bits per heavy atom. The van der Waals surface area contributed by atoms with Gasteiger partial charge in [-0.05, 0) is 70.8 Å². The highest BCUT2D eigenvalue weighted by molar-refractivity contribution is 6.29. The van der Waals surface area contributed by atoms with E-state index < -0.39 is 5.41 Å². The van der Waals surface area contributed by atoms with Crippen LogP contribution in [0.25, 0.3) is 11.1 Å². The van der Waals surface area contributed by atoms with Crippen LogP contribution in [0.3, 0.4) is 0 Å². The summed E-state index contributed by atoms with van der Waals surface area (Å²) in [4.78, 5) is 28.3. The van der Waals surface area contributed by atoms with Crippen molar-refractivity contribution in [1.82, 2.24) is 0 Å². The molecule has 0 radical (unpaired) electrons. The van der Waals surface area contributed by atoms with Gasteiger partial charge >= 0.3 is 0 Å². The van der Waals surface area contributed by atoms with Crippen molar-refractivity contribution in [1.29, 1.82) is 0 Å². The average Bonchev–Trinajstić information content (AvgIpc) is 3.11. The summed E-state index contributed by atoms with van der Waals surface area (Å²) >= 11 is 0. The number of phenolic OH excluding ortho intramolecular Hbond substituents is 2. The lowest BCUT2D eigenvalue weighted by Gasteiger charge is -2.29. The normalized spacial score (nSPS) is 13.3. The van der Waals surface area contributed by atoms with Gasteiger partial charge in [-0.15, -0.1) is 0 Å². The first-order valence-electron chi connectivity index (χ1n) is 9.90. The lowest BCUT2D eigenvalue weighted by Crippen LogP contribution is -2.43. The van der Waals surface area contributed by atoms with Crippen LogP contribution >= 0.6 is 0 Å². The summed E-state index contributed by atoms with van der Waals surface area (Å²) < 4.78 is 0. The molecular weight excluding hydrogens is 388 g/mol. The van der Waals surface area contributed by atoms with Crippen LogP contribution in [-0.4, -0.2) is 21.8 Å². The minimum Gasteiger partial charge on any atom is -0.508 e. The highest BCUT2D eigenvalue weighted by Gasteiger charge is 2.54. The summed E-state index contributed by atoms with van der Waals surface area (Å²) in [7, 11) is 0. The van der Waals surface area contributed by atoms with Gasteiger partial charge in [0.2, 0.25) is 0 Å². The number of benzene rings is 4. The van der Waals surface area contributed by atoms with E-state index in [0.717, 1.165) is 11.1 Å². The number of carbonyl (C=O) groups is 2. The maximum absolute atomic E-state index is 14.1. The highest BCUT2D eigenvalue weighted by atomic mass is 16.3. The average molecular weight is 406 g/mol. The third kappa shape index (κ3) is 2.69. The van der Waals surface area contributed by atoms with Gasteiger partial charge in [0.1, 0.15) is 16.9 Å². The quantitative estimate of drug-likeness (QED) is 0.364. The van der Waals surface area contributed by atoms with Gasteiger partial charge in [-0.25, -0.2) is 0 Å². The molecule has 0 unspecified atom stereocenters. The van der Waals surface area contributed by atoms with E-state index in [-0.39, 0.29) is 23.1 Å². The van der Waals surface area contributed by atoms with Gasteiger partial charge in [0.15, 0.2) is 11.6 Å². The van der Waals surface area contributed by atoms with Crippen molar-refractivity contribution in [3.63, 3.8) is 0 Å². The second-order valence-electron chi connectivity index (χ2n) is 7.59. The maximum Gasteiger partial charge on any atom is 0.185 e. The molecule has 150 valence electrons. The van der Waals surface area contributed by atoms with Gasteiger partial charge in [0.25, 0.3) is 0 Å². The molecule has 4 heteroatoms. The van der Waals surface area contributed by atoms with Gasteiger partial charge in [-0.1, -0.05) is 48.5 Å². The fourth-order valence-corrected chi connectivity index (χ4v) is 4.49. The van der Waals surface area contributed by atoms with E-state index in [1.54, 1.807) is 0 Å². The fourth-order valence-electron chi connectivity index (χ4n) is 4.49. The fraction of sp³-hybridized carbons (Fsp3) is 0.0370. The molecule has 4 aromatic rings. The van der Waals surface area contributed by atoms with Crippen LogP contribution < -0.4 is 0 Å². The number of aromatic hydroxyl groups is 2. The third-order valence-corrected chi connectivity index (χ3v) is 5.89. The van der Waals surface area contributed by atoms with Crippen LogP contribution in [0, 0.1) is 0 Å². The summed E-state index contributed by atoms with van der Waals surface area (Å²) in [5, 5.41) is 19.4. The first kappa shape index (κ1) is 18.8. The summed E-state index contributed by atoms with van der Waals surface area (Å²) in [6, 6.07) is 26.8. The molecule has 5 rings (SSSR count). The first-order chi connectivity index (χ1) is 15.0. The van der Waals surface area contributed by atoms with Crippen molar-refractivity contribution >= 4 is 11.6 Å². The smallest absolute Gasteiger partial charge is 0.185 e. The minimum absolute atomic E-state index is 0.0442. The molecule has 0 amide bonds. The van der Waals surface area contributed by atoms with Crippen LogP contribution in [0.2, 0.25) is 0 Å². The molecule has 4 aromatic carbocycles. The number of ketones is 2. The van der Waals surface area contributed by atoms with Gasteiger partial charge in [-0.2, -0.15) is 0 Å². The Morgan fingerprint density at radius 3 is 1.26 bits per heavy atom. The monoisotopic (exact) mass is 406 g/mol. The van der Waals surface area contributed by atoms with E-state index >= 15 is 0 Å². The van der Waals surface area contributed by atoms with E-state index in [2.05, 4.69) is 0 Å². The predicted octanol–water partition coefficient (Wildman–Crippen LogP) is 5.13. The van der Waals surface area contributed by atoms with Crippen LogP contribution in [0.15, 0.2) is 97.1 Å². The Bertz CT molecular complexity index is 1210. The molecule has 0 saturated carbocycles. The number of hydrogen-bond acceptors (Lipinski definition) is 4. The summed E-state index contributed by atoms with van der Waals surface area (Å²) in [5.74, 6) is -0.628. The highest BCUT2D eigenvalue weighted by Crippen LogP contribution is 2.52. The van der Waals surface area contributed by atoms with E-state index in [9.17, 15) is 19.8 Å². The summed E-state index contributed by atoms with van der Waals surface area (Å²) in [6.45, 7) is 0. The molecule has 0 fully saturated rings. The maximum atomic E-state index is 14.1. The Morgan fingerprint density at radius 2 is 0.871 bits per heavy atom. The van der Waals surface area contributed by atoms with Gasteiger partial charge in [-0.3, -0.25) is 9.59 Å². The molecule has 2 N–H and O–H groups in total. The molecule has 0 atom stereocenters. The second-order valence-corrected chi connectivity index (χ2v) is 7.59. The lowest BCUT2D eigenvalue weighted by molar-refractivity contribution is 0.0800. The molecule has 0 aliphatic heterocycles. The van der Waals surface area contributed by atoms with Gasteiger partial charge in [0.05, 0.1) is 0 Å². The molecule has 4 nitrogen and oxygen atoms in total. The molecule has 0 spiro atoms. The van der Waals surface area contributed by atoms with Gasteiger partial charge in [0, 0.05) is 11.1 Å². The lowest BCUT2D eigenvalue weighted by atomic mass is 9.68. The van der Waals surface area contributed by atoms with Crippen LogP contribution in [0.1, 0.15) is 31.8 Å². The number of fused-ring (bicyclic) bond motifs is 3. The zero-order chi connectivity index (χ0) is 21.6. The standard InChI is InChI=1S/C27H18O4/c28-19-13-9-17(10-14-19)25(30)27(26(31)18-11-15-20(29)16-12-18)23-7-3-1-5-21(23)22-6-2-4-8-24(22)27/h1-16,28-29H. The number of hydrogen-bond donors (Lipinski definition) is 2. The van der Waals surface area contributed by atoms with E-state index in [1.165, 1.54) is 48.5 Å². The first-order valence-corrected chi connectivity index (χ1v) is 9.90. The number of rotatable bonds is 4. The topological polar surface area (TPSA) is 74.6 Å². The Balaban J connectivity index is 1.84. The zero-order valence-electron chi connectivity index (χ0n) is 16.4. The Labute approximate surface area is 179 Å². The van der Waals surface area contributed by atoms with Crippen molar-refractivity contribution in [2.75, 3.05) is 0 Å². The van der Waals surface area contributed by atoms with E-state index in [1.807, 2.05) is 48.5 Å². The van der Waals surface area contributed by atoms with Crippen LogP contribution in [0.4, 0.5) is 0 Å². The van der Waals surface area contributed by atoms with E-state index in [4.69, 9.17) is 0 Å². The SMILES string of the molecule is O=C(c1ccc(O)cc1)C1(C(=O)c2ccc(O)cc2)c2ccccc2-c2ccccc21.